The van der Waals surface area contributed by atoms with Gasteiger partial charge in [-0.15, -0.1) is 0 Å². The van der Waals surface area contributed by atoms with E-state index in [-0.39, 0.29) is 12.1 Å². The third-order valence-electron chi connectivity index (χ3n) is 2.54. The van der Waals surface area contributed by atoms with Crippen LogP contribution in [-0.2, 0) is 0 Å². The summed E-state index contributed by atoms with van der Waals surface area (Å²) in [6.07, 6.45) is 0. The lowest BCUT2D eigenvalue weighted by atomic mass is 10.1. The monoisotopic (exact) mass is 274 g/mol. The lowest BCUT2D eigenvalue weighted by Crippen LogP contribution is -2.39. The van der Waals surface area contributed by atoms with Crippen molar-refractivity contribution in [3.63, 3.8) is 0 Å². The van der Waals surface area contributed by atoms with E-state index in [1.54, 1.807) is 18.2 Å². The first-order valence-corrected chi connectivity index (χ1v) is 6.18. The van der Waals surface area contributed by atoms with Crippen molar-refractivity contribution in [2.45, 2.75) is 26.8 Å². The smallest absolute Gasteiger partial charge is 0.319 e. The normalized spacial score (nSPS) is 12.4. The zero-order chi connectivity index (χ0) is 13.0. The second kappa shape index (κ2) is 6.12. The average molecular weight is 275 g/mol. The largest absolute Gasteiger partial charge is 0.335 e. The lowest BCUT2D eigenvalue weighted by Gasteiger charge is -2.18. The van der Waals surface area contributed by atoms with Gasteiger partial charge in [0.1, 0.15) is 0 Å². The Morgan fingerprint density at radius 1 is 1.24 bits per heavy atom. The highest BCUT2D eigenvalue weighted by Crippen LogP contribution is 2.25. The molecule has 0 aliphatic carbocycles. The molecule has 1 rings (SSSR count). The first-order valence-electron chi connectivity index (χ1n) is 5.42. The molecule has 3 nitrogen and oxygen atoms in total. The van der Waals surface area contributed by atoms with Gasteiger partial charge in [0, 0.05) is 11.1 Å². The molecule has 0 aliphatic heterocycles. The molecule has 0 saturated heterocycles. The number of anilines is 1. The van der Waals surface area contributed by atoms with Crippen LogP contribution < -0.4 is 10.6 Å². The topological polar surface area (TPSA) is 41.1 Å². The maximum Gasteiger partial charge on any atom is 0.319 e. The van der Waals surface area contributed by atoms with Crippen LogP contribution in [0.25, 0.3) is 0 Å². The molecule has 0 aliphatic rings. The summed E-state index contributed by atoms with van der Waals surface area (Å²) in [7, 11) is 0. The molecule has 2 amide bonds. The molecule has 1 unspecified atom stereocenters. The van der Waals surface area contributed by atoms with Crippen molar-refractivity contribution in [3.05, 3.63) is 28.2 Å². The fourth-order valence-corrected chi connectivity index (χ4v) is 1.58. The van der Waals surface area contributed by atoms with Crippen LogP contribution in [0.1, 0.15) is 20.8 Å². The van der Waals surface area contributed by atoms with E-state index in [1.807, 2.05) is 20.8 Å². The van der Waals surface area contributed by atoms with Gasteiger partial charge < -0.3 is 10.6 Å². The number of urea groups is 1. The minimum Gasteiger partial charge on any atom is -0.335 e. The van der Waals surface area contributed by atoms with Gasteiger partial charge in [-0.1, -0.05) is 37.0 Å². The lowest BCUT2D eigenvalue weighted by molar-refractivity contribution is 0.246. The van der Waals surface area contributed by atoms with Crippen molar-refractivity contribution >= 4 is 34.9 Å². The van der Waals surface area contributed by atoms with E-state index in [2.05, 4.69) is 10.6 Å². The number of halogens is 2. The third-order valence-corrected chi connectivity index (χ3v) is 3.09. The predicted molar refractivity (Wildman–Crippen MR) is 72.9 cm³/mol. The predicted octanol–water partition coefficient (Wildman–Crippen LogP) is 4.16. The van der Waals surface area contributed by atoms with Gasteiger partial charge in [0.25, 0.3) is 0 Å². The molecule has 94 valence electrons. The Kier molecular flexibility index (Phi) is 5.09. The fraction of sp³-hybridized carbons (Fsp3) is 0.417. The summed E-state index contributed by atoms with van der Waals surface area (Å²) < 4.78 is 0. The summed E-state index contributed by atoms with van der Waals surface area (Å²) in [6, 6.07) is 4.76. The highest BCUT2D eigenvalue weighted by atomic mass is 35.5. The first kappa shape index (κ1) is 14.1. The molecule has 0 bridgehead atoms. The molecule has 1 aromatic carbocycles. The quantitative estimate of drug-likeness (QED) is 0.854. The van der Waals surface area contributed by atoms with Crippen LogP contribution in [-0.4, -0.2) is 12.1 Å². The number of rotatable bonds is 3. The molecule has 0 aromatic heterocycles. The minimum absolute atomic E-state index is 0.0982. The maximum absolute atomic E-state index is 11.7. The number of amides is 2. The van der Waals surface area contributed by atoms with Crippen LogP contribution in [0.15, 0.2) is 18.2 Å². The molecule has 1 aromatic rings. The molecule has 0 saturated carbocycles. The van der Waals surface area contributed by atoms with Crippen LogP contribution in [0, 0.1) is 5.92 Å². The molecule has 2 N–H and O–H groups in total. The van der Waals surface area contributed by atoms with Crippen LogP contribution in [0.3, 0.4) is 0 Å². The molecule has 0 heterocycles. The number of hydrogen-bond donors (Lipinski definition) is 2. The number of nitrogens with one attached hydrogen (secondary N) is 2. The molecule has 1 atom stereocenters. The summed E-state index contributed by atoms with van der Waals surface area (Å²) in [5.41, 5.74) is 0.546. The molecular weight excluding hydrogens is 259 g/mol. The van der Waals surface area contributed by atoms with Gasteiger partial charge in [0.2, 0.25) is 0 Å². The molecular formula is C12H16Cl2N2O. The molecule has 0 radical (unpaired) electrons. The Balaban J connectivity index is 2.62. The molecule has 5 heteroatoms. The summed E-state index contributed by atoms with van der Waals surface area (Å²) in [4.78, 5) is 11.7. The van der Waals surface area contributed by atoms with Crippen molar-refractivity contribution < 1.29 is 4.79 Å². The van der Waals surface area contributed by atoms with Gasteiger partial charge in [-0.05, 0) is 31.0 Å². The van der Waals surface area contributed by atoms with Crippen molar-refractivity contribution in [3.8, 4) is 0 Å². The standard InChI is InChI=1S/C12H16Cl2N2O/c1-7(2)8(3)15-12(17)16-11-5-4-9(13)6-10(11)14/h4-8H,1-3H3,(H2,15,16,17). The Morgan fingerprint density at radius 2 is 1.88 bits per heavy atom. The number of benzene rings is 1. The maximum atomic E-state index is 11.7. The fourth-order valence-electron chi connectivity index (χ4n) is 1.12. The van der Waals surface area contributed by atoms with Gasteiger partial charge in [0.15, 0.2) is 0 Å². The summed E-state index contributed by atoms with van der Waals surface area (Å²) >= 11 is 11.7. The van der Waals surface area contributed by atoms with E-state index in [4.69, 9.17) is 23.2 Å². The zero-order valence-corrected chi connectivity index (χ0v) is 11.6. The molecule has 0 spiro atoms. The third kappa shape index (κ3) is 4.44. The second-order valence-corrected chi connectivity index (χ2v) is 5.10. The van der Waals surface area contributed by atoms with Crippen molar-refractivity contribution in [1.82, 2.24) is 5.32 Å². The van der Waals surface area contributed by atoms with E-state index in [0.29, 0.717) is 21.7 Å². The average Bonchev–Trinajstić information content (AvgIpc) is 2.22. The van der Waals surface area contributed by atoms with Gasteiger partial charge in [-0.3, -0.25) is 0 Å². The Hall–Kier alpha value is -0.930. The van der Waals surface area contributed by atoms with E-state index >= 15 is 0 Å². The van der Waals surface area contributed by atoms with E-state index < -0.39 is 0 Å². The van der Waals surface area contributed by atoms with Crippen LogP contribution in [0.2, 0.25) is 10.0 Å². The highest BCUT2D eigenvalue weighted by Gasteiger charge is 2.11. The molecule has 17 heavy (non-hydrogen) atoms. The Bertz CT molecular complexity index is 407. The van der Waals surface area contributed by atoms with Crippen LogP contribution in [0.4, 0.5) is 10.5 Å². The SMILES string of the molecule is CC(C)C(C)NC(=O)Nc1ccc(Cl)cc1Cl. The van der Waals surface area contributed by atoms with Crippen molar-refractivity contribution in [2.24, 2.45) is 5.92 Å². The van der Waals surface area contributed by atoms with Gasteiger partial charge in [-0.2, -0.15) is 0 Å². The van der Waals surface area contributed by atoms with Gasteiger partial charge in [-0.25, -0.2) is 4.79 Å². The first-order chi connectivity index (χ1) is 7.90. The van der Waals surface area contributed by atoms with Crippen molar-refractivity contribution in [2.75, 3.05) is 5.32 Å². The minimum atomic E-state index is -0.268. The Morgan fingerprint density at radius 3 is 2.41 bits per heavy atom. The number of carbonyl (C=O) groups is 1. The van der Waals surface area contributed by atoms with E-state index in [0.717, 1.165) is 0 Å². The summed E-state index contributed by atoms with van der Waals surface area (Å²) in [5, 5.41) is 6.47. The number of carbonyl (C=O) groups excluding carboxylic acids is 1. The highest BCUT2D eigenvalue weighted by molar-refractivity contribution is 6.36. The van der Waals surface area contributed by atoms with Crippen LogP contribution >= 0.6 is 23.2 Å². The van der Waals surface area contributed by atoms with Gasteiger partial charge >= 0.3 is 6.03 Å². The van der Waals surface area contributed by atoms with Crippen molar-refractivity contribution in [1.29, 1.82) is 0 Å². The number of hydrogen-bond acceptors (Lipinski definition) is 1. The summed E-state index contributed by atoms with van der Waals surface area (Å²) in [5.74, 6) is 0.376. The zero-order valence-electron chi connectivity index (χ0n) is 10.1. The second-order valence-electron chi connectivity index (χ2n) is 4.26. The van der Waals surface area contributed by atoms with E-state index in [1.165, 1.54) is 0 Å². The molecule has 0 fully saturated rings. The van der Waals surface area contributed by atoms with Crippen LogP contribution in [0.5, 0.6) is 0 Å². The van der Waals surface area contributed by atoms with E-state index in [9.17, 15) is 4.79 Å². The Labute approximate surface area is 111 Å². The summed E-state index contributed by atoms with van der Waals surface area (Å²) in [6.45, 7) is 6.04. The van der Waals surface area contributed by atoms with Gasteiger partial charge in [0.05, 0.1) is 10.7 Å².